The number of ether oxygens (including phenoxy) is 1. The first kappa shape index (κ1) is 26.8. The minimum absolute atomic E-state index is 0.0656. The van der Waals surface area contributed by atoms with E-state index in [4.69, 9.17) is 10.00 Å². The molecule has 1 atom stereocenters. The van der Waals surface area contributed by atoms with Crippen LogP contribution in [0.1, 0.15) is 11.1 Å². The van der Waals surface area contributed by atoms with E-state index in [0.717, 1.165) is 9.13 Å². The maximum atomic E-state index is 12.9. The van der Waals surface area contributed by atoms with E-state index in [1.54, 1.807) is 30.3 Å². The predicted octanol–water partition coefficient (Wildman–Crippen LogP) is 4.00. The highest BCUT2D eigenvalue weighted by Crippen LogP contribution is 2.25. The number of nitrogens with zero attached hydrogens (tertiary/aromatic N) is 2. The van der Waals surface area contributed by atoms with Crippen LogP contribution in [0.4, 0.5) is 0 Å². The standard InChI is InChI=1S/C24H20BrIN4O4S/c25-21-14-18(6-11-23(21)34-13-12-27)16-28-29-24(31)22(15-17-4-2-1-3-5-17)30-35(32,33)20-9-7-19(26)8-10-20/h1-11,14,16,22,30H,13,15H2,(H,29,31)/b28-16-/t22-/m1/s1. The Balaban J connectivity index is 1.74. The molecule has 3 aromatic carbocycles. The monoisotopic (exact) mass is 666 g/mol. The first-order chi connectivity index (χ1) is 16.8. The van der Waals surface area contributed by atoms with Crippen LogP contribution in [0.25, 0.3) is 0 Å². The second-order valence-electron chi connectivity index (χ2n) is 7.19. The summed E-state index contributed by atoms with van der Waals surface area (Å²) in [5.41, 5.74) is 3.86. The Bertz CT molecular complexity index is 1340. The van der Waals surface area contributed by atoms with Gasteiger partial charge in [-0.25, -0.2) is 13.8 Å². The summed E-state index contributed by atoms with van der Waals surface area (Å²) in [4.78, 5) is 13.0. The zero-order valence-electron chi connectivity index (χ0n) is 18.2. The van der Waals surface area contributed by atoms with Gasteiger partial charge in [0.2, 0.25) is 10.0 Å². The molecule has 3 rings (SSSR count). The summed E-state index contributed by atoms with van der Waals surface area (Å²) >= 11 is 5.44. The Morgan fingerprint density at radius 1 is 1.14 bits per heavy atom. The zero-order chi connectivity index (χ0) is 25.3. The van der Waals surface area contributed by atoms with Crippen LogP contribution in [0.5, 0.6) is 5.75 Å². The van der Waals surface area contributed by atoms with Crippen LogP contribution in [0.3, 0.4) is 0 Å². The molecule has 11 heteroatoms. The Morgan fingerprint density at radius 3 is 2.51 bits per heavy atom. The van der Waals surface area contributed by atoms with E-state index in [2.05, 4.69) is 53.8 Å². The molecule has 0 aliphatic rings. The molecule has 0 bridgehead atoms. The molecule has 8 nitrogen and oxygen atoms in total. The molecule has 0 aliphatic carbocycles. The van der Waals surface area contributed by atoms with Gasteiger partial charge < -0.3 is 4.74 Å². The fourth-order valence-corrected chi connectivity index (χ4v) is 5.05. The van der Waals surface area contributed by atoms with Crippen molar-refractivity contribution in [2.24, 2.45) is 5.10 Å². The van der Waals surface area contributed by atoms with E-state index < -0.39 is 22.0 Å². The van der Waals surface area contributed by atoms with Gasteiger partial charge in [0.15, 0.2) is 6.61 Å². The second kappa shape index (κ2) is 12.8. The number of nitriles is 1. The predicted molar refractivity (Wildman–Crippen MR) is 144 cm³/mol. The number of carbonyl (C=O) groups excluding carboxylic acids is 1. The second-order valence-corrected chi connectivity index (χ2v) is 11.0. The molecule has 0 fully saturated rings. The average Bonchev–Trinajstić information content (AvgIpc) is 2.84. The highest BCUT2D eigenvalue weighted by atomic mass is 127. The summed E-state index contributed by atoms with van der Waals surface area (Å²) < 4.78 is 35.1. The molecule has 0 aliphatic heterocycles. The van der Waals surface area contributed by atoms with Gasteiger partial charge in [-0.15, -0.1) is 0 Å². The quantitative estimate of drug-likeness (QED) is 0.193. The summed E-state index contributed by atoms with van der Waals surface area (Å²) in [6, 6.07) is 21.3. The fraction of sp³-hybridized carbons (Fsp3) is 0.125. The first-order valence-corrected chi connectivity index (χ1v) is 13.6. The van der Waals surface area contributed by atoms with E-state index in [9.17, 15) is 13.2 Å². The van der Waals surface area contributed by atoms with E-state index in [1.807, 2.05) is 36.4 Å². The van der Waals surface area contributed by atoms with E-state index in [-0.39, 0.29) is 17.9 Å². The molecule has 3 aromatic rings. The Hall–Kier alpha value is -2.79. The number of hydrogen-bond acceptors (Lipinski definition) is 6. The van der Waals surface area contributed by atoms with Crippen molar-refractivity contribution in [2.75, 3.05) is 6.61 Å². The van der Waals surface area contributed by atoms with Crippen molar-refractivity contribution in [1.29, 1.82) is 5.26 Å². The smallest absolute Gasteiger partial charge is 0.258 e. The van der Waals surface area contributed by atoms with Crippen molar-refractivity contribution in [3.8, 4) is 11.8 Å². The average molecular weight is 667 g/mol. The van der Waals surface area contributed by atoms with Gasteiger partial charge in [0.1, 0.15) is 17.9 Å². The lowest BCUT2D eigenvalue weighted by atomic mass is 10.1. The normalized spacial score (nSPS) is 12.1. The van der Waals surface area contributed by atoms with Crippen LogP contribution in [0, 0.1) is 14.9 Å². The maximum absolute atomic E-state index is 12.9. The third-order valence-electron chi connectivity index (χ3n) is 4.66. The number of rotatable bonds is 10. The van der Waals surface area contributed by atoms with Crippen LogP contribution in [-0.4, -0.2) is 33.2 Å². The Labute approximate surface area is 225 Å². The SMILES string of the molecule is N#CCOc1ccc(/C=N\NC(=O)[C@@H](Cc2ccccc2)NS(=O)(=O)c2ccc(I)cc2)cc1Br. The summed E-state index contributed by atoms with van der Waals surface area (Å²) in [7, 11) is -3.95. The van der Waals surface area contributed by atoms with Gasteiger partial charge in [0, 0.05) is 3.57 Å². The molecular formula is C24H20BrIN4O4S. The Morgan fingerprint density at radius 2 is 1.86 bits per heavy atom. The van der Waals surface area contributed by atoms with Gasteiger partial charge in [-0.3, -0.25) is 4.79 Å². The van der Waals surface area contributed by atoms with Gasteiger partial charge in [-0.1, -0.05) is 30.3 Å². The van der Waals surface area contributed by atoms with Crippen LogP contribution >= 0.6 is 38.5 Å². The van der Waals surface area contributed by atoms with E-state index in [0.29, 0.717) is 15.8 Å². The van der Waals surface area contributed by atoms with Crippen molar-refractivity contribution in [3.63, 3.8) is 0 Å². The number of sulfonamides is 1. The highest BCUT2D eigenvalue weighted by molar-refractivity contribution is 14.1. The maximum Gasteiger partial charge on any atom is 0.258 e. The topological polar surface area (TPSA) is 121 Å². The number of hydrazone groups is 1. The molecule has 0 spiro atoms. The number of benzene rings is 3. The van der Waals surface area contributed by atoms with Crippen molar-refractivity contribution < 1.29 is 17.9 Å². The molecule has 1 amide bonds. The molecule has 180 valence electrons. The van der Waals surface area contributed by atoms with Gasteiger partial charge in [0.05, 0.1) is 15.6 Å². The van der Waals surface area contributed by atoms with Crippen molar-refractivity contribution in [3.05, 3.63) is 92.0 Å². The molecule has 0 radical (unpaired) electrons. The summed E-state index contributed by atoms with van der Waals surface area (Å²) in [5, 5.41) is 12.6. The zero-order valence-corrected chi connectivity index (χ0v) is 22.7. The number of halogens is 2. The number of carbonyl (C=O) groups is 1. The molecule has 35 heavy (non-hydrogen) atoms. The summed E-state index contributed by atoms with van der Waals surface area (Å²) in [6.45, 7) is -0.0803. The molecule has 0 saturated heterocycles. The molecule has 0 heterocycles. The van der Waals surface area contributed by atoms with Crippen molar-refractivity contribution in [2.45, 2.75) is 17.4 Å². The molecule has 0 unspecified atom stereocenters. The van der Waals surface area contributed by atoms with Gasteiger partial charge in [-0.05, 0) is 98.5 Å². The number of hydrogen-bond donors (Lipinski definition) is 2. The van der Waals surface area contributed by atoms with Crippen LogP contribution in [0.2, 0.25) is 0 Å². The molecule has 0 aromatic heterocycles. The van der Waals surface area contributed by atoms with Crippen LogP contribution < -0.4 is 14.9 Å². The number of amides is 1. The molecular weight excluding hydrogens is 647 g/mol. The third kappa shape index (κ3) is 8.14. The van der Waals surface area contributed by atoms with Gasteiger partial charge in [-0.2, -0.15) is 15.1 Å². The lowest BCUT2D eigenvalue weighted by molar-refractivity contribution is -0.122. The van der Waals surface area contributed by atoms with Crippen LogP contribution in [-0.2, 0) is 21.2 Å². The first-order valence-electron chi connectivity index (χ1n) is 10.2. The van der Waals surface area contributed by atoms with Crippen LogP contribution in [0.15, 0.2) is 87.3 Å². The summed E-state index contributed by atoms with van der Waals surface area (Å²) in [6.07, 6.45) is 1.56. The Kier molecular flexibility index (Phi) is 9.79. The minimum atomic E-state index is -3.95. The highest BCUT2D eigenvalue weighted by Gasteiger charge is 2.26. The van der Waals surface area contributed by atoms with E-state index in [1.165, 1.54) is 18.3 Å². The number of nitrogens with one attached hydrogen (secondary N) is 2. The molecule has 2 N–H and O–H groups in total. The van der Waals surface area contributed by atoms with Gasteiger partial charge >= 0.3 is 0 Å². The van der Waals surface area contributed by atoms with Gasteiger partial charge in [0.25, 0.3) is 5.91 Å². The van der Waals surface area contributed by atoms with Crippen molar-refractivity contribution >= 4 is 60.7 Å². The summed E-state index contributed by atoms with van der Waals surface area (Å²) in [5.74, 6) is -0.104. The minimum Gasteiger partial charge on any atom is -0.478 e. The third-order valence-corrected chi connectivity index (χ3v) is 7.48. The lowest BCUT2D eigenvalue weighted by Crippen LogP contribution is -2.46. The fourth-order valence-electron chi connectivity index (χ4n) is 2.98. The van der Waals surface area contributed by atoms with E-state index >= 15 is 0 Å². The molecule has 0 saturated carbocycles. The van der Waals surface area contributed by atoms with Crippen molar-refractivity contribution in [1.82, 2.24) is 10.1 Å². The largest absolute Gasteiger partial charge is 0.478 e. The lowest BCUT2D eigenvalue weighted by Gasteiger charge is -2.17.